The number of urea groups is 1. The molecule has 0 bridgehead atoms. The molecule has 0 saturated heterocycles. The fraction of sp³-hybridized carbons (Fsp3) is 0.222. The van der Waals surface area contributed by atoms with Crippen molar-refractivity contribution in [3.8, 4) is 0 Å². The van der Waals surface area contributed by atoms with Gasteiger partial charge in [-0.15, -0.1) is 0 Å². The van der Waals surface area contributed by atoms with Crippen molar-refractivity contribution in [2.24, 2.45) is 0 Å². The molecule has 0 unspecified atom stereocenters. The zero-order valence-electron chi connectivity index (χ0n) is 8.79. The first-order valence-corrected chi connectivity index (χ1v) is 4.64. The second-order valence-corrected chi connectivity index (χ2v) is 3.00. The maximum atomic E-state index is 13.3. The van der Waals surface area contributed by atoms with Gasteiger partial charge in [-0.05, 0) is 13.0 Å². The van der Waals surface area contributed by atoms with E-state index in [1.807, 2.05) is 5.32 Å². The Morgan fingerprint density at radius 1 is 1.47 bits per heavy atom. The molecular weight excluding hydrogens is 236 g/mol. The average Bonchev–Trinajstić information content (AvgIpc) is 2.25. The van der Waals surface area contributed by atoms with E-state index >= 15 is 0 Å². The Bertz CT molecular complexity index is 465. The lowest BCUT2D eigenvalue weighted by molar-refractivity contribution is -0.384. The zero-order valence-corrected chi connectivity index (χ0v) is 8.79. The van der Waals surface area contributed by atoms with Gasteiger partial charge in [0.15, 0.2) is 17.3 Å². The van der Waals surface area contributed by atoms with Crippen LogP contribution in [0.25, 0.3) is 0 Å². The number of rotatable bonds is 3. The first-order valence-electron chi connectivity index (χ1n) is 4.64. The number of benzene rings is 1. The maximum Gasteiger partial charge on any atom is 0.319 e. The molecule has 17 heavy (non-hydrogen) atoms. The second-order valence-electron chi connectivity index (χ2n) is 3.00. The third-order valence-electron chi connectivity index (χ3n) is 1.85. The van der Waals surface area contributed by atoms with Crippen LogP contribution in [0.1, 0.15) is 6.92 Å². The van der Waals surface area contributed by atoms with Crippen molar-refractivity contribution < 1.29 is 18.5 Å². The van der Waals surface area contributed by atoms with E-state index in [4.69, 9.17) is 0 Å². The summed E-state index contributed by atoms with van der Waals surface area (Å²) < 4.78 is 26.2. The van der Waals surface area contributed by atoms with Gasteiger partial charge >= 0.3 is 6.03 Å². The Hall–Kier alpha value is -2.25. The minimum atomic E-state index is -1.47. The highest BCUT2D eigenvalue weighted by molar-refractivity contribution is 5.91. The van der Waals surface area contributed by atoms with E-state index in [9.17, 15) is 23.7 Å². The van der Waals surface area contributed by atoms with E-state index in [1.165, 1.54) is 0 Å². The summed E-state index contributed by atoms with van der Waals surface area (Å²) in [7, 11) is 0. The van der Waals surface area contributed by atoms with Crippen LogP contribution in [-0.4, -0.2) is 17.5 Å². The third kappa shape index (κ3) is 2.86. The lowest BCUT2D eigenvalue weighted by Gasteiger charge is -2.07. The lowest BCUT2D eigenvalue weighted by Crippen LogP contribution is -2.29. The summed E-state index contributed by atoms with van der Waals surface area (Å²) in [4.78, 5) is 20.8. The van der Waals surface area contributed by atoms with Crippen molar-refractivity contribution in [1.29, 1.82) is 0 Å². The number of hydrogen-bond acceptors (Lipinski definition) is 3. The number of anilines is 1. The quantitative estimate of drug-likeness (QED) is 0.631. The van der Waals surface area contributed by atoms with Crippen molar-refractivity contribution >= 4 is 17.4 Å². The van der Waals surface area contributed by atoms with Crippen molar-refractivity contribution in [3.05, 3.63) is 33.9 Å². The van der Waals surface area contributed by atoms with Gasteiger partial charge in [0.2, 0.25) is 0 Å². The van der Waals surface area contributed by atoms with Gasteiger partial charge in [0.05, 0.1) is 4.92 Å². The molecule has 1 aromatic carbocycles. The summed E-state index contributed by atoms with van der Waals surface area (Å²) in [5.74, 6) is -2.74. The lowest BCUT2D eigenvalue weighted by atomic mass is 10.2. The molecule has 1 rings (SSSR count). The molecule has 0 heterocycles. The number of halogens is 2. The van der Waals surface area contributed by atoms with Crippen LogP contribution < -0.4 is 10.6 Å². The van der Waals surface area contributed by atoms with Gasteiger partial charge in [-0.2, -0.15) is 0 Å². The molecule has 0 aromatic heterocycles. The largest absolute Gasteiger partial charge is 0.338 e. The summed E-state index contributed by atoms with van der Waals surface area (Å²) in [5.41, 5.74) is -1.50. The van der Waals surface area contributed by atoms with E-state index < -0.39 is 34.0 Å². The minimum absolute atomic E-state index is 0.247. The highest BCUT2D eigenvalue weighted by atomic mass is 19.2. The van der Waals surface area contributed by atoms with Crippen LogP contribution in [0.5, 0.6) is 0 Å². The number of nitro groups is 1. The van der Waals surface area contributed by atoms with Crippen LogP contribution >= 0.6 is 0 Å². The first-order chi connectivity index (χ1) is 7.97. The monoisotopic (exact) mass is 245 g/mol. The van der Waals surface area contributed by atoms with Gasteiger partial charge < -0.3 is 5.32 Å². The van der Waals surface area contributed by atoms with E-state index in [-0.39, 0.29) is 6.54 Å². The summed E-state index contributed by atoms with van der Waals surface area (Å²) in [6.07, 6.45) is 0. The number of carbonyl (C=O) groups is 1. The normalized spacial score (nSPS) is 9.82. The van der Waals surface area contributed by atoms with Gasteiger partial charge in [0, 0.05) is 12.6 Å². The van der Waals surface area contributed by atoms with Gasteiger partial charge in [-0.3, -0.25) is 15.4 Å². The number of hydrogen-bond donors (Lipinski definition) is 2. The number of nitrogens with one attached hydrogen (secondary N) is 2. The Balaban J connectivity index is 3.14. The molecule has 2 N–H and O–H groups in total. The Kier molecular flexibility index (Phi) is 3.91. The predicted octanol–water partition coefficient (Wildman–Crippen LogP) is 2.01. The highest BCUT2D eigenvalue weighted by Crippen LogP contribution is 2.28. The molecule has 0 aliphatic heterocycles. The molecular formula is C9H9F2N3O3. The minimum Gasteiger partial charge on any atom is -0.338 e. The van der Waals surface area contributed by atoms with Gasteiger partial charge in [0.1, 0.15) is 0 Å². The molecule has 0 saturated carbocycles. The maximum absolute atomic E-state index is 13.3. The van der Waals surface area contributed by atoms with Crippen molar-refractivity contribution in [3.63, 3.8) is 0 Å². The molecule has 0 radical (unpaired) electrons. The highest BCUT2D eigenvalue weighted by Gasteiger charge is 2.22. The van der Waals surface area contributed by atoms with Crippen molar-refractivity contribution in [2.45, 2.75) is 6.92 Å². The van der Waals surface area contributed by atoms with Gasteiger partial charge in [-0.25, -0.2) is 13.6 Å². The first kappa shape index (κ1) is 12.8. The molecule has 0 aliphatic carbocycles. The van der Waals surface area contributed by atoms with Crippen LogP contribution in [-0.2, 0) is 0 Å². The van der Waals surface area contributed by atoms with Gasteiger partial charge in [0.25, 0.3) is 5.69 Å². The topological polar surface area (TPSA) is 84.3 Å². The molecule has 2 amide bonds. The zero-order chi connectivity index (χ0) is 13.0. The van der Waals surface area contributed by atoms with Gasteiger partial charge in [-0.1, -0.05) is 0 Å². The summed E-state index contributed by atoms with van der Waals surface area (Å²) in [6, 6.07) is 0.552. The standard InChI is InChI=1S/C9H9F2N3O3/c1-2-12-9(15)13-8-6(14(16)17)4-3-5(10)7(8)11/h3-4H,2H2,1H3,(H2,12,13,15). The average molecular weight is 245 g/mol. The fourth-order valence-corrected chi connectivity index (χ4v) is 1.13. The van der Waals surface area contributed by atoms with Crippen molar-refractivity contribution in [1.82, 2.24) is 5.32 Å². The van der Waals surface area contributed by atoms with Crippen LogP contribution in [0.4, 0.5) is 25.0 Å². The Morgan fingerprint density at radius 3 is 2.65 bits per heavy atom. The third-order valence-corrected chi connectivity index (χ3v) is 1.85. The molecule has 0 spiro atoms. The van der Waals surface area contributed by atoms with E-state index in [2.05, 4.69) is 5.32 Å². The SMILES string of the molecule is CCNC(=O)Nc1c([N+](=O)[O-])ccc(F)c1F. The predicted molar refractivity (Wildman–Crippen MR) is 55.7 cm³/mol. The van der Waals surface area contributed by atoms with E-state index in [1.54, 1.807) is 6.92 Å². The Labute approximate surface area is 94.8 Å². The molecule has 0 atom stereocenters. The van der Waals surface area contributed by atoms with Crippen LogP contribution in [0.2, 0.25) is 0 Å². The number of nitrogens with zero attached hydrogens (tertiary/aromatic N) is 1. The number of carbonyl (C=O) groups excluding carboxylic acids is 1. The van der Waals surface area contributed by atoms with Crippen LogP contribution in [0.3, 0.4) is 0 Å². The Morgan fingerprint density at radius 2 is 2.12 bits per heavy atom. The molecule has 8 heteroatoms. The van der Waals surface area contributed by atoms with E-state index in [0.29, 0.717) is 6.07 Å². The molecule has 6 nitrogen and oxygen atoms in total. The summed E-state index contributed by atoms with van der Waals surface area (Å²) in [5, 5.41) is 14.7. The smallest absolute Gasteiger partial charge is 0.319 e. The van der Waals surface area contributed by atoms with E-state index in [0.717, 1.165) is 6.07 Å². The van der Waals surface area contributed by atoms with Crippen molar-refractivity contribution in [2.75, 3.05) is 11.9 Å². The second kappa shape index (κ2) is 5.19. The van der Waals surface area contributed by atoms with Crippen LogP contribution in [0, 0.1) is 21.7 Å². The summed E-state index contributed by atoms with van der Waals surface area (Å²) in [6.45, 7) is 1.85. The van der Waals surface area contributed by atoms with Crippen LogP contribution in [0.15, 0.2) is 12.1 Å². The number of amides is 2. The molecule has 92 valence electrons. The summed E-state index contributed by atoms with van der Waals surface area (Å²) >= 11 is 0. The molecule has 1 aromatic rings. The molecule has 0 aliphatic rings. The number of nitro benzene ring substituents is 1. The fourth-order valence-electron chi connectivity index (χ4n) is 1.13. The molecule has 0 fully saturated rings.